The molecule has 2 aliphatic rings. The van der Waals surface area contributed by atoms with Crippen LogP contribution >= 0.6 is 11.8 Å². The Bertz CT molecular complexity index is 930. The van der Waals surface area contributed by atoms with Crippen molar-refractivity contribution < 1.29 is 18.8 Å². The van der Waals surface area contributed by atoms with Gasteiger partial charge in [0.25, 0.3) is 5.22 Å². The number of urea groups is 1. The lowest BCUT2D eigenvalue weighted by molar-refractivity contribution is -0.125. The zero-order chi connectivity index (χ0) is 19.7. The summed E-state index contributed by atoms with van der Waals surface area (Å²) in [7, 11) is 0. The van der Waals surface area contributed by atoms with Crippen molar-refractivity contribution >= 4 is 35.3 Å². The fourth-order valence-electron chi connectivity index (χ4n) is 3.41. The van der Waals surface area contributed by atoms with E-state index in [-0.39, 0.29) is 35.3 Å². The number of thioether (sulfide) groups is 1. The third kappa shape index (κ3) is 3.72. The van der Waals surface area contributed by atoms with Gasteiger partial charge in [-0.1, -0.05) is 30.0 Å². The Morgan fingerprint density at radius 3 is 2.96 bits per heavy atom. The first-order valence-electron chi connectivity index (χ1n) is 8.96. The maximum absolute atomic E-state index is 12.5. The molecule has 28 heavy (non-hydrogen) atoms. The van der Waals surface area contributed by atoms with Gasteiger partial charge in [-0.05, 0) is 25.0 Å². The topological polar surface area (TPSA) is 117 Å². The molecule has 1 saturated heterocycles. The van der Waals surface area contributed by atoms with Crippen LogP contribution in [0.3, 0.4) is 0 Å². The Labute approximate surface area is 165 Å². The minimum absolute atomic E-state index is 0.0160. The van der Waals surface area contributed by atoms with Gasteiger partial charge in [0.15, 0.2) is 0 Å². The average molecular weight is 401 g/mol. The number of aromatic nitrogens is 2. The number of benzene rings is 1. The molecule has 0 radical (unpaired) electrons. The van der Waals surface area contributed by atoms with Gasteiger partial charge >= 0.3 is 6.03 Å². The van der Waals surface area contributed by atoms with E-state index >= 15 is 0 Å². The molecule has 2 aromatic rings. The molecular weight excluding hydrogens is 382 g/mol. The lowest BCUT2D eigenvalue weighted by Gasteiger charge is -2.27. The summed E-state index contributed by atoms with van der Waals surface area (Å²) < 4.78 is 5.57. The Morgan fingerprint density at radius 1 is 1.32 bits per heavy atom. The Morgan fingerprint density at radius 2 is 2.14 bits per heavy atom. The summed E-state index contributed by atoms with van der Waals surface area (Å²) in [4.78, 5) is 37.6. The lowest BCUT2D eigenvalue weighted by Crippen LogP contribution is -2.57. The fraction of sp³-hybridized carbons (Fsp3) is 0.389. The van der Waals surface area contributed by atoms with Crippen molar-refractivity contribution in [2.75, 3.05) is 17.2 Å². The summed E-state index contributed by atoms with van der Waals surface area (Å²) in [6, 6.07) is 7.04. The standard InChI is InChI=1S/C18H19N5O4S/c1-10-12(16(25)20-17(26)19-10)8-14-21-22-18(27-14)28-9-15(24)23-7-6-11-4-2-3-5-13(11)23/h2-5,10,12H,6-9H2,1H3,(H2,19,20,25,26). The van der Waals surface area contributed by atoms with Crippen molar-refractivity contribution in [2.24, 2.45) is 5.92 Å². The Hall–Kier alpha value is -2.88. The highest BCUT2D eigenvalue weighted by Crippen LogP contribution is 2.29. The number of hydrogen-bond donors (Lipinski definition) is 2. The zero-order valence-corrected chi connectivity index (χ0v) is 16.0. The van der Waals surface area contributed by atoms with Gasteiger partial charge < -0.3 is 14.6 Å². The molecule has 146 valence electrons. The molecule has 0 aliphatic carbocycles. The molecule has 2 atom stereocenters. The molecule has 1 aromatic carbocycles. The third-order valence-electron chi connectivity index (χ3n) is 4.89. The minimum Gasteiger partial charge on any atom is -0.416 e. The van der Waals surface area contributed by atoms with Crippen molar-refractivity contribution in [3.05, 3.63) is 35.7 Å². The van der Waals surface area contributed by atoms with Crippen LogP contribution < -0.4 is 15.5 Å². The van der Waals surface area contributed by atoms with Gasteiger partial charge in [0, 0.05) is 24.7 Å². The summed E-state index contributed by atoms with van der Waals surface area (Å²) in [5, 5.41) is 13.1. The zero-order valence-electron chi connectivity index (χ0n) is 15.2. The van der Waals surface area contributed by atoms with Crippen LogP contribution in [0.25, 0.3) is 0 Å². The van der Waals surface area contributed by atoms with Gasteiger partial charge in [-0.3, -0.25) is 14.9 Å². The van der Waals surface area contributed by atoms with Crippen molar-refractivity contribution in [1.82, 2.24) is 20.8 Å². The van der Waals surface area contributed by atoms with E-state index in [4.69, 9.17) is 4.42 Å². The van der Waals surface area contributed by atoms with E-state index in [2.05, 4.69) is 20.8 Å². The number of imide groups is 1. The summed E-state index contributed by atoms with van der Waals surface area (Å²) in [6.45, 7) is 2.42. The summed E-state index contributed by atoms with van der Waals surface area (Å²) >= 11 is 1.17. The number of anilines is 1. The first-order chi connectivity index (χ1) is 13.5. The van der Waals surface area contributed by atoms with Crippen LogP contribution in [0, 0.1) is 5.92 Å². The Balaban J connectivity index is 1.34. The highest BCUT2D eigenvalue weighted by molar-refractivity contribution is 7.99. The van der Waals surface area contributed by atoms with Crippen molar-refractivity contribution in [2.45, 2.75) is 31.0 Å². The molecular formula is C18H19N5O4S. The molecule has 0 saturated carbocycles. The number of rotatable bonds is 5. The lowest BCUT2D eigenvalue weighted by atomic mass is 9.95. The molecule has 2 N–H and O–H groups in total. The van der Waals surface area contributed by atoms with Gasteiger partial charge in [-0.15, -0.1) is 10.2 Å². The van der Waals surface area contributed by atoms with Gasteiger partial charge in [-0.2, -0.15) is 0 Å². The smallest absolute Gasteiger partial charge is 0.321 e. The second-order valence-corrected chi connectivity index (χ2v) is 7.66. The van der Waals surface area contributed by atoms with Gasteiger partial charge in [-0.25, -0.2) is 4.79 Å². The minimum atomic E-state index is -0.502. The molecule has 10 heteroatoms. The predicted molar refractivity (Wildman–Crippen MR) is 101 cm³/mol. The first-order valence-corrected chi connectivity index (χ1v) is 9.94. The van der Waals surface area contributed by atoms with E-state index in [0.717, 1.165) is 12.1 Å². The summed E-state index contributed by atoms with van der Waals surface area (Å²) in [5.74, 6) is -0.389. The maximum atomic E-state index is 12.5. The number of amides is 4. The van der Waals surface area contributed by atoms with Crippen LogP contribution in [0.1, 0.15) is 18.4 Å². The highest BCUT2D eigenvalue weighted by Gasteiger charge is 2.34. The van der Waals surface area contributed by atoms with Gasteiger partial charge in [0.05, 0.1) is 11.7 Å². The summed E-state index contributed by atoms with van der Waals surface area (Å²) in [5.41, 5.74) is 2.13. The number of hydrogen-bond acceptors (Lipinski definition) is 7. The number of fused-ring (bicyclic) bond motifs is 1. The molecule has 3 heterocycles. The van der Waals surface area contributed by atoms with E-state index in [1.54, 1.807) is 11.8 Å². The van der Waals surface area contributed by atoms with E-state index in [9.17, 15) is 14.4 Å². The van der Waals surface area contributed by atoms with Crippen molar-refractivity contribution in [3.63, 3.8) is 0 Å². The van der Waals surface area contributed by atoms with Crippen molar-refractivity contribution in [1.29, 1.82) is 0 Å². The number of para-hydroxylation sites is 1. The van der Waals surface area contributed by atoms with E-state index < -0.39 is 11.9 Å². The van der Waals surface area contributed by atoms with Crippen LogP contribution in [0.5, 0.6) is 0 Å². The largest absolute Gasteiger partial charge is 0.416 e. The summed E-state index contributed by atoms with van der Waals surface area (Å²) in [6.07, 6.45) is 1.07. The van der Waals surface area contributed by atoms with Crippen molar-refractivity contribution in [3.8, 4) is 0 Å². The second kappa shape index (κ2) is 7.63. The molecule has 9 nitrogen and oxygen atoms in total. The van der Waals surface area contributed by atoms with E-state index in [0.29, 0.717) is 12.4 Å². The van der Waals surface area contributed by atoms with Crippen LogP contribution in [0.15, 0.2) is 33.9 Å². The number of nitrogens with one attached hydrogen (secondary N) is 2. The molecule has 1 fully saturated rings. The maximum Gasteiger partial charge on any atom is 0.321 e. The second-order valence-electron chi connectivity index (χ2n) is 6.74. The third-order valence-corrected chi connectivity index (χ3v) is 5.69. The molecule has 4 amide bonds. The Kier molecular flexibility index (Phi) is 5.03. The molecule has 1 aromatic heterocycles. The predicted octanol–water partition coefficient (Wildman–Crippen LogP) is 1.14. The SMILES string of the molecule is CC1NC(=O)NC(=O)C1Cc1nnc(SCC(=O)N2CCc3ccccc32)o1. The van der Waals surface area contributed by atoms with E-state index in [1.807, 2.05) is 24.3 Å². The molecule has 4 rings (SSSR count). The van der Waals surface area contributed by atoms with Crippen LogP contribution in [-0.2, 0) is 22.4 Å². The highest BCUT2D eigenvalue weighted by atomic mass is 32.2. The van der Waals surface area contributed by atoms with Gasteiger partial charge in [0.2, 0.25) is 17.7 Å². The fourth-order valence-corrected chi connectivity index (χ4v) is 4.07. The monoisotopic (exact) mass is 401 g/mol. The molecule has 2 unspecified atom stereocenters. The quantitative estimate of drug-likeness (QED) is 0.722. The van der Waals surface area contributed by atoms with E-state index in [1.165, 1.54) is 17.3 Å². The first kappa shape index (κ1) is 18.5. The normalized spacial score (nSPS) is 21.2. The molecule has 2 aliphatic heterocycles. The van der Waals surface area contributed by atoms with Gasteiger partial charge in [0.1, 0.15) is 0 Å². The number of nitrogens with zero attached hydrogens (tertiary/aromatic N) is 3. The van der Waals surface area contributed by atoms with Crippen LogP contribution in [0.2, 0.25) is 0 Å². The molecule has 0 bridgehead atoms. The number of carbonyl (C=O) groups excluding carboxylic acids is 3. The van der Waals surface area contributed by atoms with Crippen LogP contribution in [-0.4, -0.2) is 46.4 Å². The average Bonchev–Trinajstić information content (AvgIpc) is 3.29. The molecule has 0 spiro atoms. The number of carbonyl (C=O) groups is 3. The van der Waals surface area contributed by atoms with Crippen LogP contribution in [0.4, 0.5) is 10.5 Å².